The van der Waals surface area contributed by atoms with Crippen molar-refractivity contribution in [3.63, 3.8) is 0 Å². The summed E-state index contributed by atoms with van der Waals surface area (Å²) in [7, 11) is 0. The number of carbonyl (C=O) groups is 2. The van der Waals surface area contributed by atoms with Gasteiger partial charge in [0.2, 0.25) is 0 Å². The molecule has 1 amide bonds. The van der Waals surface area contributed by atoms with Gasteiger partial charge in [-0.1, -0.05) is 45.5 Å². The molecule has 3 heterocycles. The van der Waals surface area contributed by atoms with E-state index in [4.69, 9.17) is 9.72 Å². The summed E-state index contributed by atoms with van der Waals surface area (Å²) in [4.78, 5) is 33.3. The average molecular weight is 575 g/mol. The first kappa shape index (κ1) is 23.9. The number of halogens is 1. The first-order chi connectivity index (χ1) is 17.7. The lowest BCUT2D eigenvalue weighted by Gasteiger charge is -2.23. The van der Waals surface area contributed by atoms with E-state index in [-0.39, 0.29) is 17.4 Å². The van der Waals surface area contributed by atoms with Crippen molar-refractivity contribution in [2.45, 2.75) is 39.3 Å². The van der Waals surface area contributed by atoms with Crippen molar-refractivity contribution in [1.82, 2.24) is 4.98 Å². The maximum absolute atomic E-state index is 13.5. The van der Waals surface area contributed by atoms with Gasteiger partial charge in [-0.05, 0) is 79.4 Å². The Kier molecular flexibility index (Phi) is 5.69. The molecule has 8 heteroatoms. The zero-order valence-corrected chi connectivity index (χ0v) is 22.8. The predicted molar refractivity (Wildman–Crippen MR) is 148 cm³/mol. The van der Waals surface area contributed by atoms with Gasteiger partial charge in [0.25, 0.3) is 5.78 Å². The minimum atomic E-state index is -0.831. The molecule has 1 fully saturated rings. The SMILES string of the molecule is Cc1cc(C)c2nc(N3C(=O)C(=O)C(=C(O)c4ccc5c(c4)CC(C)O5)C3c3cccc(Br)c3)sc2c1. The topological polar surface area (TPSA) is 79.7 Å². The Balaban J connectivity index is 1.55. The summed E-state index contributed by atoms with van der Waals surface area (Å²) in [6.45, 7) is 5.98. The number of aromatic nitrogens is 1. The van der Waals surface area contributed by atoms with Crippen molar-refractivity contribution in [3.8, 4) is 5.75 Å². The Bertz CT molecular complexity index is 1660. The van der Waals surface area contributed by atoms with Crippen molar-refractivity contribution in [2.75, 3.05) is 4.90 Å². The summed E-state index contributed by atoms with van der Waals surface area (Å²) >= 11 is 4.88. The number of aryl methyl sites for hydroxylation is 2. The fourth-order valence-corrected chi connectivity index (χ4v) is 6.79. The highest BCUT2D eigenvalue weighted by atomic mass is 79.9. The van der Waals surface area contributed by atoms with E-state index in [1.807, 2.05) is 63.2 Å². The molecular formula is C29H23BrN2O4S. The number of benzene rings is 3. The Hall–Kier alpha value is -3.49. The van der Waals surface area contributed by atoms with Gasteiger partial charge in [0, 0.05) is 16.5 Å². The van der Waals surface area contributed by atoms with Gasteiger partial charge in [0.15, 0.2) is 5.13 Å². The molecule has 2 aliphatic heterocycles. The van der Waals surface area contributed by atoms with Gasteiger partial charge in [0.05, 0.1) is 21.8 Å². The van der Waals surface area contributed by atoms with Crippen LogP contribution in [0.2, 0.25) is 0 Å². The van der Waals surface area contributed by atoms with E-state index in [0.29, 0.717) is 22.7 Å². The molecule has 1 N–H and O–H groups in total. The van der Waals surface area contributed by atoms with Crippen LogP contribution in [0.3, 0.4) is 0 Å². The molecule has 3 aromatic carbocycles. The fourth-order valence-electron chi connectivity index (χ4n) is 5.21. The molecule has 2 atom stereocenters. The van der Waals surface area contributed by atoms with Gasteiger partial charge in [-0.3, -0.25) is 14.5 Å². The molecule has 2 unspecified atom stereocenters. The molecule has 0 aliphatic carbocycles. The van der Waals surface area contributed by atoms with Crippen molar-refractivity contribution in [3.05, 3.63) is 92.5 Å². The Labute approximate surface area is 226 Å². The second-order valence-corrected chi connectivity index (χ2v) is 11.5. The van der Waals surface area contributed by atoms with E-state index >= 15 is 0 Å². The third kappa shape index (κ3) is 3.95. The van der Waals surface area contributed by atoms with E-state index in [9.17, 15) is 14.7 Å². The molecule has 0 spiro atoms. The summed E-state index contributed by atoms with van der Waals surface area (Å²) < 4.78 is 7.53. The zero-order chi connectivity index (χ0) is 26.0. The number of carbonyl (C=O) groups excluding carboxylic acids is 2. The minimum absolute atomic E-state index is 0.0437. The second kappa shape index (κ2) is 8.82. The number of anilines is 1. The van der Waals surface area contributed by atoms with Crippen molar-refractivity contribution in [1.29, 1.82) is 0 Å². The van der Waals surface area contributed by atoms with Crippen LogP contribution in [0, 0.1) is 13.8 Å². The van der Waals surface area contributed by atoms with Crippen molar-refractivity contribution < 1.29 is 19.4 Å². The summed E-state index contributed by atoms with van der Waals surface area (Å²) in [5.41, 5.74) is 5.08. The molecule has 2 aliphatic rings. The van der Waals surface area contributed by atoms with E-state index in [1.54, 1.807) is 12.1 Å². The molecule has 0 saturated carbocycles. The minimum Gasteiger partial charge on any atom is -0.507 e. The van der Waals surface area contributed by atoms with Gasteiger partial charge < -0.3 is 9.84 Å². The first-order valence-corrected chi connectivity index (χ1v) is 13.6. The Morgan fingerprint density at radius 3 is 2.73 bits per heavy atom. The number of rotatable bonds is 3. The van der Waals surface area contributed by atoms with Crippen LogP contribution in [0.25, 0.3) is 16.0 Å². The molecule has 4 aromatic rings. The number of aliphatic hydroxyl groups excluding tert-OH is 1. The second-order valence-electron chi connectivity index (χ2n) is 9.60. The average Bonchev–Trinajstić information content (AvgIpc) is 3.51. The lowest BCUT2D eigenvalue weighted by Crippen LogP contribution is -2.29. The van der Waals surface area contributed by atoms with Crippen LogP contribution in [-0.4, -0.2) is 27.9 Å². The summed E-state index contributed by atoms with van der Waals surface area (Å²) in [5, 5.41) is 11.9. The number of Topliss-reactive ketones (excluding diaryl/α,β-unsaturated/α-hetero) is 1. The van der Waals surface area contributed by atoms with Gasteiger partial charge in [-0.15, -0.1) is 0 Å². The largest absolute Gasteiger partial charge is 0.507 e. The number of fused-ring (bicyclic) bond motifs is 2. The number of nitrogens with zero attached hydrogens (tertiary/aromatic N) is 2. The van der Waals surface area contributed by atoms with Gasteiger partial charge in [-0.2, -0.15) is 0 Å². The number of ether oxygens (including phenoxy) is 1. The van der Waals surface area contributed by atoms with Crippen LogP contribution in [0.5, 0.6) is 5.75 Å². The highest BCUT2D eigenvalue weighted by molar-refractivity contribution is 9.10. The monoisotopic (exact) mass is 574 g/mol. The number of amides is 1. The van der Waals surface area contributed by atoms with Crippen LogP contribution in [0.1, 0.15) is 40.8 Å². The molecule has 6 nitrogen and oxygen atoms in total. The highest BCUT2D eigenvalue weighted by Crippen LogP contribution is 2.45. The zero-order valence-electron chi connectivity index (χ0n) is 20.4. The van der Waals surface area contributed by atoms with Crippen molar-refractivity contribution in [2.24, 2.45) is 0 Å². The maximum Gasteiger partial charge on any atom is 0.301 e. The van der Waals surface area contributed by atoms with E-state index in [1.165, 1.54) is 16.2 Å². The Morgan fingerprint density at radius 2 is 1.95 bits per heavy atom. The molecule has 6 rings (SSSR count). The maximum atomic E-state index is 13.5. The molecule has 186 valence electrons. The normalized spacial score (nSPS) is 20.5. The standard InChI is InChI=1S/C29H23BrN2O4S/c1-14-9-15(2)24-22(10-14)37-29(31-24)32-25(17-5-4-6-20(30)13-17)23(27(34)28(32)35)26(33)18-7-8-21-19(12-18)11-16(3)36-21/h4-10,12-13,16,25,33H,11H2,1-3H3. The summed E-state index contributed by atoms with van der Waals surface area (Å²) in [6.07, 6.45) is 0.760. The van der Waals surface area contributed by atoms with Crippen molar-refractivity contribution >= 4 is 60.1 Å². The van der Waals surface area contributed by atoms with Crippen LogP contribution in [0.4, 0.5) is 5.13 Å². The molecule has 1 aromatic heterocycles. The molecule has 1 saturated heterocycles. The number of hydrogen-bond acceptors (Lipinski definition) is 6. The molecule has 37 heavy (non-hydrogen) atoms. The van der Waals surface area contributed by atoms with Gasteiger partial charge in [0.1, 0.15) is 17.6 Å². The van der Waals surface area contributed by atoms with Gasteiger partial charge in [-0.25, -0.2) is 4.98 Å². The third-order valence-corrected chi connectivity index (χ3v) is 8.30. The molecule has 0 radical (unpaired) electrons. The lowest BCUT2D eigenvalue weighted by molar-refractivity contribution is -0.132. The molecule has 0 bridgehead atoms. The predicted octanol–water partition coefficient (Wildman–Crippen LogP) is 6.63. The van der Waals surface area contributed by atoms with Crippen LogP contribution >= 0.6 is 27.3 Å². The highest BCUT2D eigenvalue weighted by Gasteiger charge is 2.48. The quantitative estimate of drug-likeness (QED) is 0.169. The summed E-state index contributed by atoms with van der Waals surface area (Å²) in [5.74, 6) is -0.882. The number of thiazole rings is 1. The van der Waals surface area contributed by atoms with Crippen LogP contribution < -0.4 is 9.64 Å². The smallest absolute Gasteiger partial charge is 0.301 e. The van der Waals surface area contributed by atoms with Crippen LogP contribution in [-0.2, 0) is 16.0 Å². The first-order valence-electron chi connectivity index (χ1n) is 12.0. The van der Waals surface area contributed by atoms with Crippen LogP contribution in [0.15, 0.2) is 64.6 Å². The summed E-state index contributed by atoms with van der Waals surface area (Å²) in [6, 6.07) is 16.0. The number of aliphatic hydroxyl groups is 1. The van der Waals surface area contributed by atoms with E-state index in [2.05, 4.69) is 15.9 Å². The molecular weight excluding hydrogens is 552 g/mol. The fraction of sp³-hybridized carbons (Fsp3) is 0.207. The number of ketones is 1. The number of hydrogen-bond donors (Lipinski definition) is 1. The van der Waals surface area contributed by atoms with Gasteiger partial charge >= 0.3 is 5.91 Å². The van der Waals surface area contributed by atoms with E-state index in [0.717, 1.165) is 37.1 Å². The lowest BCUT2D eigenvalue weighted by atomic mass is 9.94. The third-order valence-electron chi connectivity index (χ3n) is 6.80. The Morgan fingerprint density at radius 1 is 1.14 bits per heavy atom. The van der Waals surface area contributed by atoms with E-state index < -0.39 is 17.7 Å².